The monoisotopic (exact) mass is 334 g/mol. The molecule has 0 aliphatic carbocycles. The second-order valence-corrected chi connectivity index (χ2v) is 6.08. The summed E-state index contributed by atoms with van der Waals surface area (Å²) in [6.07, 6.45) is 0.251. The van der Waals surface area contributed by atoms with Crippen LogP contribution in [0, 0.1) is 6.92 Å². The smallest absolute Gasteiger partial charge is 0.254 e. The summed E-state index contributed by atoms with van der Waals surface area (Å²) in [4.78, 5) is 18.8. The van der Waals surface area contributed by atoms with Gasteiger partial charge in [-0.25, -0.2) is 0 Å². The molecule has 2 heterocycles. The summed E-state index contributed by atoms with van der Waals surface area (Å²) < 4.78 is 0.943. The third-order valence-corrected chi connectivity index (χ3v) is 4.07. The Labute approximate surface area is 125 Å². The summed E-state index contributed by atoms with van der Waals surface area (Å²) in [5.74, 6) is -0.0284. The Morgan fingerprint density at radius 1 is 1.45 bits per heavy atom. The molecular formula is C15H15BrN2O2. The van der Waals surface area contributed by atoms with E-state index < -0.39 is 6.10 Å². The van der Waals surface area contributed by atoms with Crippen molar-refractivity contribution < 1.29 is 9.90 Å². The minimum absolute atomic E-state index is 0.0284. The van der Waals surface area contributed by atoms with Crippen LogP contribution in [0.1, 0.15) is 22.5 Å². The van der Waals surface area contributed by atoms with E-state index in [0.717, 1.165) is 21.1 Å². The first-order valence-corrected chi connectivity index (χ1v) is 7.38. The number of rotatable bonds is 1. The first-order valence-electron chi connectivity index (χ1n) is 6.59. The second-order valence-electron chi connectivity index (χ2n) is 5.17. The number of likely N-dealkylation sites (tertiary alicyclic amines) is 1. The van der Waals surface area contributed by atoms with Crippen molar-refractivity contribution in [3.05, 3.63) is 40.0 Å². The number of benzene rings is 1. The number of hydrogen-bond donors (Lipinski definition) is 1. The maximum Gasteiger partial charge on any atom is 0.254 e. The number of carbonyl (C=O) groups excluding carboxylic acids is 1. The molecule has 1 aromatic heterocycles. The van der Waals surface area contributed by atoms with Crippen LogP contribution in [0.15, 0.2) is 28.7 Å². The molecule has 3 rings (SSSR count). The van der Waals surface area contributed by atoms with E-state index in [2.05, 4.69) is 20.9 Å². The van der Waals surface area contributed by atoms with Gasteiger partial charge in [-0.2, -0.15) is 0 Å². The predicted octanol–water partition coefficient (Wildman–Crippen LogP) is 2.51. The number of hydrogen-bond acceptors (Lipinski definition) is 3. The van der Waals surface area contributed by atoms with Gasteiger partial charge in [0.05, 0.1) is 17.2 Å². The molecule has 1 saturated heterocycles. The normalized spacial score (nSPS) is 18.8. The van der Waals surface area contributed by atoms with Crippen molar-refractivity contribution in [2.75, 3.05) is 13.1 Å². The second kappa shape index (κ2) is 5.14. The molecule has 0 unspecified atom stereocenters. The number of nitrogens with zero attached hydrogens (tertiary/aromatic N) is 2. The van der Waals surface area contributed by atoms with Gasteiger partial charge < -0.3 is 10.0 Å². The first kappa shape index (κ1) is 13.5. The fraction of sp³-hybridized carbons (Fsp3) is 0.333. The average molecular weight is 335 g/mol. The van der Waals surface area contributed by atoms with Crippen LogP contribution in [0.3, 0.4) is 0 Å². The molecule has 0 radical (unpaired) electrons. The van der Waals surface area contributed by atoms with E-state index in [-0.39, 0.29) is 5.91 Å². The van der Waals surface area contributed by atoms with Crippen molar-refractivity contribution in [1.82, 2.24) is 9.88 Å². The molecule has 0 bridgehead atoms. The summed E-state index contributed by atoms with van der Waals surface area (Å²) in [5, 5.41) is 10.4. The Balaban J connectivity index is 2.08. The Bertz CT molecular complexity index is 682. The van der Waals surface area contributed by atoms with Crippen molar-refractivity contribution in [3.63, 3.8) is 0 Å². The van der Waals surface area contributed by atoms with Gasteiger partial charge in [-0.1, -0.05) is 22.0 Å². The van der Waals surface area contributed by atoms with Crippen LogP contribution >= 0.6 is 15.9 Å². The van der Waals surface area contributed by atoms with Crippen LogP contribution in [0.25, 0.3) is 10.9 Å². The average Bonchev–Trinajstić information content (AvgIpc) is 2.83. The number of aromatic nitrogens is 1. The van der Waals surface area contributed by atoms with E-state index in [1.54, 1.807) is 4.90 Å². The molecule has 1 aliphatic heterocycles. The third kappa shape index (κ3) is 2.43. The fourth-order valence-electron chi connectivity index (χ4n) is 2.61. The fourth-order valence-corrected chi connectivity index (χ4v) is 2.96. The Hall–Kier alpha value is -1.46. The number of halogens is 1. The van der Waals surface area contributed by atoms with E-state index in [0.29, 0.717) is 25.1 Å². The van der Waals surface area contributed by atoms with Crippen LogP contribution in [0.2, 0.25) is 0 Å². The number of pyridine rings is 1. The predicted molar refractivity (Wildman–Crippen MR) is 80.7 cm³/mol. The zero-order valence-corrected chi connectivity index (χ0v) is 12.7. The van der Waals surface area contributed by atoms with Gasteiger partial charge in [-0.3, -0.25) is 9.78 Å². The number of aliphatic hydroxyl groups is 1. The summed E-state index contributed by atoms with van der Waals surface area (Å²) in [6, 6.07) is 7.56. The van der Waals surface area contributed by atoms with Gasteiger partial charge in [-0.15, -0.1) is 0 Å². The van der Waals surface area contributed by atoms with Crippen LogP contribution in [-0.4, -0.2) is 40.1 Å². The number of β-amino-alcohol motifs (C(OH)–C–C–N with tert-alkyl or cyclic N) is 1. The minimum Gasteiger partial charge on any atom is -0.391 e. The summed E-state index contributed by atoms with van der Waals surface area (Å²) in [7, 11) is 0. The number of aliphatic hydroxyl groups excluding tert-OH is 1. The number of fused-ring (bicyclic) bond motifs is 1. The number of carbonyl (C=O) groups is 1. The van der Waals surface area contributed by atoms with Crippen LogP contribution in [-0.2, 0) is 0 Å². The van der Waals surface area contributed by atoms with Gasteiger partial charge in [0.1, 0.15) is 0 Å². The molecule has 0 saturated carbocycles. The summed E-state index contributed by atoms with van der Waals surface area (Å²) in [5.41, 5.74) is 2.29. The number of amides is 1. The standard InChI is InChI=1S/C15H15BrN2O2/c1-9-6-13(15(20)18-5-4-11(19)8-18)12-3-2-10(16)7-14(12)17-9/h2-3,6-7,11,19H,4-5,8H2,1H3/t11-/m1/s1. The Morgan fingerprint density at radius 3 is 2.95 bits per heavy atom. The lowest BCUT2D eigenvalue weighted by Gasteiger charge is -2.17. The van der Waals surface area contributed by atoms with E-state index in [9.17, 15) is 9.90 Å². The quantitative estimate of drug-likeness (QED) is 0.871. The molecule has 20 heavy (non-hydrogen) atoms. The Kier molecular flexibility index (Phi) is 3.48. The van der Waals surface area contributed by atoms with Gasteiger partial charge >= 0.3 is 0 Å². The van der Waals surface area contributed by atoms with Crippen molar-refractivity contribution in [2.24, 2.45) is 0 Å². The van der Waals surface area contributed by atoms with Gasteiger partial charge in [0.15, 0.2) is 0 Å². The zero-order valence-electron chi connectivity index (χ0n) is 11.1. The highest BCUT2D eigenvalue weighted by atomic mass is 79.9. The largest absolute Gasteiger partial charge is 0.391 e. The van der Waals surface area contributed by atoms with E-state index in [4.69, 9.17) is 0 Å². The lowest BCUT2D eigenvalue weighted by atomic mass is 10.1. The van der Waals surface area contributed by atoms with Gasteiger partial charge in [0.25, 0.3) is 5.91 Å². The molecule has 1 aromatic carbocycles. The highest BCUT2D eigenvalue weighted by Crippen LogP contribution is 2.24. The molecule has 0 spiro atoms. The van der Waals surface area contributed by atoms with Crippen molar-refractivity contribution >= 4 is 32.7 Å². The lowest BCUT2D eigenvalue weighted by Crippen LogP contribution is -2.29. The zero-order chi connectivity index (χ0) is 14.3. The van der Waals surface area contributed by atoms with Crippen molar-refractivity contribution in [1.29, 1.82) is 0 Å². The molecule has 2 aromatic rings. The maximum absolute atomic E-state index is 12.6. The molecule has 1 aliphatic rings. The molecule has 1 atom stereocenters. The molecule has 1 amide bonds. The molecular weight excluding hydrogens is 320 g/mol. The summed E-state index contributed by atoms with van der Waals surface area (Å²) in [6.45, 7) is 2.91. The van der Waals surface area contributed by atoms with Crippen molar-refractivity contribution in [2.45, 2.75) is 19.4 Å². The third-order valence-electron chi connectivity index (χ3n) is 3.58. The number of aryl methyl sites for hydroxylation is 1. The van der Waals surface area contributed by atoms with Crippen LogP contribution in [0.5, 0.6) is 0 Å². The van der Waals surface area contributed by atoms with Crippen LogP contribution in [0.4, 0.5) is 0 Å². The Morgan fingerprint density at radius 2 is 2.25 bits per heavy atom. The van der Waals surface area contributed by atoms with Gasteiger partial charge in [-0.05, 0) is 31.5 Å². The van der Waals surface area contributed by atoms with Gasteiger partial charge in [0, 0.05) is 28.6 Å². The highest BCUT2D eigenvalue weighted by Gasteiger charge is 2.26. The molecule has 1 N–H and O–H groups in total. The highest BCUT2D eigenvalue weighted by molar-refractivity contribution is 9.10. The van der Waals surface area contributed by atoms with E-state index in [1.165, 1.54) is 0 Å². The van der Waals surface area contributed by atoms with E-state index in [1.807, 2.05) is 31.2 Å². The SMILES string of the molecule is Cc1cc(C(=O)N2CC[C@@H](O)C2)c2ccc(Br)cc2n1. The topological polar surface area (TPSA) is 53.4 Å². The maximum atomic E-state index is 12.6. The van der Waals surface area contributed by atoms with E-state index >= 15 is 0 Å². The lowest BCUT2D eigenvalue weighted by molar-refractivity contribution is 0.0766. The molecule has 5 heteroatoms. The molecule has 1 fully saturated rings. The van der Waals surface area contributed by atoms with Gasteiger partial charge in [0.2, 0.25) is 0 Å². The molecule has 4 nitrogen and oxygen atoms in total. The van der Waals surface area contributed by atoms with Crippen LogP contribution < -0.4 is 0 Å². The molecule has 104 valence electrons. The summed E-state index contributed by atoms with van der Waals surface area (Å²) >= 11 is 3.42. The first-order chi connectivity index (χ1) is 9.54. The van der Waals surface area contributed by atoms with Crippen molar-refractivity contribution in [3.8, 4) is 0 Å². The minimum atomic E-state index is -0.401.